The minimum absolute atomic E-state index is 0.221. The Hall–Kier alpha value is -3.27. The van der Waals surface area contributed by atoms with Gasteiger partial charge in [-0.15, -0.1) is 0 Å². The molecule has 0 aromatic carbocycles. The van der Waals surface area contributed by atoms with Gasteiger partial charge in [0.1, 0.15) is 5.82 Å². The van der Waals surface area contributed by atoms with Crippen LogP contribution in [0, 0.1) is 0 Å². The third kappa shape index (κ3) is 5.61. The fourth-order valence-electron chi connectivity index (χ4n) is 4.42. The maximum Gasteiger partial charge on any atom is 0.232 e. The normalized spacial score (nSPS) is 14.2. The van der Waals surface area contributed by atoms with E-state index in [0.717, 1.165) is 37.2 Å². The van der Waals surface area contributed by atoms with Crippen molar-refractivity contribution in [2.45, 2.75) is 59.2 Å². The number of imidazole rings is 1. The molecule has 0 aliphatic carbocycles. The molecule has 1 aliphatic heterocycles. The van der Waals surface area contributed by atoms with Crippen molar-refractivity contribution in [2.75, 3.05) is 36.8 Å². The first-order valence-corrected chi connectivity index (χ1v) is 12.1. The number of carbonyl (C=O) groups excluding carboxylic acids is 1. The third-order valence-electron chi connectivity index (χ3n) is 6.14. The number of carbonyl (C=O) groups is 1. The van der Waals surface area contributed by atoms with Crippen LogP contribution in [0.1, 0.15) is 40.5 Å². The van der Waals surface area contributed by atoms with E-state index in [1.54, 1.807) is 12.5 Å². The van der Waals surface area contributed by atoms with Gasteiger partial charge in [-0.1, -0.05) is 6.07 Å². The number of hydrogen-bond acceptors (Lipinski definition) is 8. The van der Waals surface area contributed by atoms with Crippen molar-refractivity contribution in [3.05, 3.63) is 30.7 Å². The van der Waals surface area contributed by atoms with Crippen LogP contribution in [0.5, 0.6) is 0 Å². The minimum Gasteiger partial charge on any atom is -0.367 e. The zero-order chi connectivity index (χ0) is 24.1. The van der Waals surface area contributed by atoms with E-state index >= 15 is 0 Å². The molecule has 4 heterocycles. The van der Waals surface area contributed by atoms with Crippen LogP contribution in [0.3, 0.4) is 0 Å². The molecule has 0 saturated carbocycles. The lowest BCUT2D eigenvalue weighted by Crippen LogP contribution is -2.40. The van der Waals surface area contributed by atoms with Gasteiger partial charge in [0, 0.05) is 57.4 Å². The van der Waals surface area contributed by atoms with Gasteiger partial charge in [-0.25, -0.2) is 9.97 Å². The van der Waals surface area contributed by atoms with Gasteiger partial charge in [-0.2, -0.15) is 9.97 Å². The number of rotatable bonds is 11. The van der Waals surface area contributed by atoms with Crippen molar-refractivity contribution in [2.24, 2.45) is 0 Å². The second-order valence-corrected chi connectivity index (χ2v) is 9.18. The molecular weight excluding hydrogens is 430 g/mol. The number of hydrogen-bond donors (Lipinski definition) is 2. The average molecular weight is 466 g/mol. The van der Waals surface area contributed by atoms with E-state index in [0.29, 0.717) is 49.2 Å². The lowest BCUT2D eigenvalue weighted by Gasteiger charge is -2.30. The smallest absolute Gasteiger partial charge is 0.232 e. The Morgan fingerprint density at radius 1 is 1.09 bits per heavy atom. The summed E-state index contributed by atoms with van der Waals surface area (Å²) >= 11 is 0. The second kappa shape index (κ2) is 10.8. The van der Waals surface area contributed by atoms with Crippen molar-refractivity contribution >= 4 is 34.7 Å². The maximum absolute atomic E-state index is 12.0. The highest BCUT2D eigenvalue weighted by Gasteiger charge is 2.21. The van der Waals surface area contributed by atoms with Crippen LogP contribution in [0.4, 0.5) is 17.6 Å². The van der Waals surface area contributed by atoms with Gasteiger partial charge in [0.15, 0.2) is 17.0 Å². The van der Waals surface area contributed by atoms with Gasteiger partial charge in [-0.3, -0.25) is 9.69 Å². The summed E-state index contributed by atoms with van der Waals surface area (Å²) in [5, 5.41) is 6.68. The average Bonchev–Trinajstić information content (AvgIpc) is 3.41. The molecule has 1 amide bonds. The maximum atomic E-state index is 12.0. The number of aromatic nitrogens is 5. The monoisotopic (exact) mass is 465 g/mol. The highest BCUT2D eigenvalue weighted by Crippen LogP contribution is 2.23. The second-order valence-electron chi connectivity index (χ2n) is 9.18. The van der Waals surface area contributed by atoms with Crippen molar-refractivity contribution in [3.8, 4) is 0 Å². The summed E-state index contributed by atoms with van der Waals surface area (Å²) in [5.74, 6) is 2.04. The number of nitrogens with zero attached hydrogens (tertiary/aromatic N) is 7. The molecule has 2 N–H and O–H groups in total. The molecule has 1 saturated heterocycles. The molecule has 10 nitrogen and oxygen atoms in total. The Labute approximate surface area is 200 Å². The molecular formula is C24H35N9O. The first kappa shape index (κ1) is 23.9. The van der Waals surface area contributed by atoms with Crippen LogP contribution in [-0.2, 0) is 11.3 Å². The first-order valence-electron chi connectivity index (χ1n) is 12.1. The summed E-state index contributed by atoms with van der Waals surface area (Å²) in [5.41, 5.74) is 1.45. The van der Waals surface area contributed by atoms with E-state index in [4.69, 9.17) is 9.97 Å². The van der Waals surface area contributed by atoms with Gasteiger partial charge in [0.25, 0.3) is 0 Å². The number of likely N-dealkylation sites (tertiary alicyclic amines) is 1. The molecule has 10 heteroatoms. The van der Waals surface area contributed by atoms with E-state index in [1.165, 1.54) is 0 Å². The Morgan fingerprint density at radius 3 is 2.59 bits per heavy atom. The summed E-state index contributed by atoms with van der Waals surface area (Å²) < 4.78 is 1.99. The van der Waals surface area contributed by atoms with E-state index in [-0.39, 0.29) is 5.91 Å². The predicted molar refractivity (Wildman–Crippen MR) is 134 cm³/mol. The van der Waals surface area contributed by atoms with Crippen LogP contribution in [0.15, 0.2) is 30.7 Å². The standard InChI is InChI=1S/C24H35N9O/c1-17(2)33(18(3)4)13-11-26-22-21-23(30-24(29-22)28-19-8-5-6-10-25-19)32(16-27-21)15-14-31-12-7-9-20(31)34/h5-6,8,10,16-18H,7,9,11-15H2,1-4H3,(H2,25,26,28,29,30). The molecule has 0 bridgehead atoms. The summed E-state index contributed by atoms with van der Waals surface area (Å²) in [7, 11) is 0. The Kier molecular flexibility index (Phi) is 7.56. The Morgan fingerprint density at radius 2 is 1.91 bits per heavy atom. The Balaban J connectivity index is 1.57. The summed E-state index contributed by atoms with van der Waals surface area (Å²) in [6.07, 6.45) is 5.08. The van der Waals surface area contributed by atoms with Crippen molar-refractivity contribution in [1.29, 1.82) is 0 Å². The summed E-state index contributed by atoms with van der Waals surface area (Å²) in [4.78, 5) is 34.8. The van der Waals surface area contributed by atoms with Gasteiger partial charge < -0.3 is 20.1 Å². The zero-order valence-electron chi connectivity index (χ0n) is 20.5. The van der Waals surface area contributed by atoms with E-state index in [9.17, 15) is 4.79 Å². The molecule has 0 spiro atoms. The molecule has 182 valence electrons. The van der Waals surface area contributed by atoms with Crippen LogP contribution >= 0.6 is 0 Å². The van der Waals surface area contributed by atoms with Crippen molar-refractivity contribution < 1.29 is 4.79 Å². The topological polar surface area (TPSA) is 104 Å². The molecule has 34 heavy (non-hydrogen) atoms. The zero-order valence-corrected chi connectivity index (χ0v) is 20.5. The van der Waals surface area contributed by atoms with Crippen molar-refractivity contribution in [3.63, 3.8) is 0 Å². The highest BCUT2D eigenvalue weighted by atomic mass is 16.2. The van der Waals surface area contributed by atoms with Crippen LogP contribution in [0.2, 0.25) is 0 Å². The third-order valence-corrected chi connectivity index (χ3v) is 6.14. The number of pyridine rings is 1. The minimum atomic E-state index is 0.221. The van der Waals surface area contributed by atoms with Gasteiger partial charge in [-0.05, 0) is 46.2 Å². The SMILES string of the molecule is CC(C)N(CCNc1nc(Nc2ccccn2)nc2c1ncn2CCN1CCCC1=O)C(C)C. The van der Waals surface area contributed by atoms with Crippen LogP contribution in [0.25, 0.3) is 11.2 Å². The molecule has 1 aliphatic rings. The summed E-state index contributed by atoms with van der Waals surface area (Å²) in [6.45, 7) is 12.6. The van der Waals surface area contributed by atoms with Crippen LogP contribution < -0.4 is 10.6 Å². The molecule has 3 aromatic rings. The van der Waals surface area contributed by atoms with E-state index < -0.39 is 0 Å². The molecule has 0 unspecified atom stereocenters. The molecule has 0 radical (unpaired) electrons. The largest absolute Gasteiger partial charge is 0.367 e. The first-order chi connectivity index (χ1) is 16.4. The lowest BCUT2D eigenvalue weighted by atomic mass is 10.2. The summed E-state index contributed by atoms with van der Waals surface area (Å²) in [6, 6.07) is 6.57. The van der Waals surface area contributed by atoms with Crippen LogP contribution in [-0.4, -0.2) is 78.5 Å². The Bertz CT molecular complexity index is 1090. The van der Waals surface area contributed by atoms with E-state index in [2.05, 4.69) is 53.2 Å². The molecule has 4 rings (SSSR count). The number of anilines is 3. The molecule has 0 atom stereocenters. The van der Waals surface area contributed by atoms with Crippen molar-refractivity contribution in [1.82, 2.24) is 34.3 Å². The van der Waals surface area contributed by atoms with Gasteiger partial charge in [0.05, 0.1) is 6.33 Å². The fraction of sp³-hybridized carbons (Fsp3) is 0.542. The number of nitrogens with one attached hydrogen (secondary N) is 2. The molecule has 1 fully saturated rings. The van der Waals surface area contributed by atoms with E-state index in [1.807, 2.05) is 27.7 Å². The fourth-order valence-corrected chi connectivity index (χ4v) is 4.42. The number of amides is 1. The predicted octanol–water partition coefficient (Wildman–Crippen LogP) is 3.12. The molecule has 3 aromatic heterocycles. The van der Waals surface area contributed by atoms with Gasteiger partial charge >= 0.3 is 0 Å². The lowest BCUT2D eigenvalue weighted by molar-refractivity contribution is -0.127. The van der Waals surface area contributed by atoms with Gasteiger partial charge in [0.2, 0.25) is 11.9 Å². The number of fused-ring (bicyclic) bond motifs is 1. The highest BCUT2D eigenvalue weighted by molar-refractivity contribution is 5.84. The quantitative estimate of drug-likeness (QED) is 0.445.